The molecule has 15 heteroatoms. The van der Waals surface area contributed by atoms with Gasteiger partial charge in [-0.25, -0.2) is 24.1 Å². The van der Waals surface area contributed by atoms with Crippen LogP contribution in [0.25, 0.3) is 22.1 Å². The van der Waals surface area contributed by atoms with Gasteiger partial charge in [0.05, 0.1) is 12.1 Å². The number of aromatic nitrogens is 4. The number of imidazole rings is 1. The van der Waals surface area contributed by atoms with E-state index in [1.165, 1.54) is 57.6 Å². The molecule has 41 heavy (non-hydrogen) atoms. The summed E-state index contributed by atoms with van der Waals surface area (Å²) in [7, 11) is 0. The van der Waals surface area contributed by atoms with Crippen LogP contribution in [0, 0.1) is 11.7 Å². The first-order valence-corrected chi connectivity index (χ1v) is 13.1. The predicted molar refractivity (Wildman–Crippen MR) is 138 cm³/mol. The highest BCUT2D eigenvalue weighted by Crippen LogP contribution is 2.42. The van der Waals surface area contributed by atoms with Gasteiger partial charge in [-0.05, 0) is 36.0 Å². The van der Waals surface area contributed by atoms with Crippen LogP contribution in [0.5, 0.6) is 0 Å². The van der Waals surface area contributed by atoms with Crippen molar-refractivity contribution in [2.75, 3.05) is 13.2 Å². The summed E-state index contributed by atoms with van der Waals surface area (Å²) in [6.45, 7) is 3.16. The van der Waals surface area contributed by atoms with E-state index >= 15 is 0 Å². The zero-order valence-corrected chi connectivity index (χ0v) is 22.8. The maximum absolute atomic E-state index is 13.9. The van der Waals surface area contributed by atoms with Crippen LogP contribution in [0.2, 0.25) is 0 Å². The van der Waals surface area contributed by atoms with Gasteiger partial charge in [0, 0.05) is 26.2 Å². The Hall–Kier alpha value is -4.37. The molecule has 214 valence electrons. The molecule has 0 amide bonds. The third-order valence-corrected chi connectivity index (χ3v) is 7.12. The van der Waals surface area contributed by atoms with Gasteiger partial charge in [-0.2, -0.15) is 0 Å². The topological polar surface area (TPSA) is 162 Å². The van der Waals surface area contributed by atoms with E-state index < -0.39 is 53.7 Å². The normalized spacial score (nSPS) is 20.3. The van der Waals surface area contributed by atoms with Gasteiger partial charge in [-0.3, -0.25) is 19.0 Å². The Morgan fingerprint density at radius 2 is 1.83 bits per heavy atom. The van der Waals surface area contributed by atoms with Gasteiger partial charge in [-0.1, -0.05) is 0 Å². The van der Waals surface area contributed by atoms with E-state index in [1.807, 2.05) is 0 Å². The number of nitrogens with zero attached hydrogens (tertiary/aromatic N) is 4. The predicted octanol–water partition coefficient (Wildman–Crippen LogP) is 2.79. The van der Waals surface area contributed by atoms with Crippen molar-refractivity contribution < 1.29 is 42.1 Å². The van der Waals surface area contributed by atoms with Gasteiger partial charge in [-0.15, -0.1) is 0 Å². The van der Waals surface area contributed by atoms with Crippen LogP contribution in [-0.2, 0) is 33.3 Å². The standard InChI is InChI=1S/C26H23FN4O9S/c1-12(32)36-9-17-22(38-14(3)34)20(10-37-13(2)33)39-24(17)31-23-18(8-28-11-29-23)30-26(31)41-21-7-15-6-16(27)4-5-19(15)40-25(21)35/h4-8,11,17,20,22,24H,9-10H2,1-3H3/t17-,20-,22+,24-/m1/s1. The number of rotatable bonds is 8. The molecule has 4 atom stereocenters. The molecule has 0 aliphatic carbocycles. The molecule has 4 heterocycles. The van der Waals surface area contributed by atoms with E-state index in [0.29, 0.717) is 16.6 Å². The van der Waals surface area contributed by atoms with Gasteiger partial charge < -0.3 is 23.4 Å². The Bertz CT molecular complexity index is 1710. The molecule has 1 aliphatic heterocycles. The first kappa shape index (κ1) is 28.2. The number of carbonyl (C=O) groups excluding carboxylic acids is 3. The molecular formula is C26H23FN4O9S. The Labute approximate surface area is 234 Å². The summed E-state index contributed by atoms with van der Waals surface area (Å²) in [6.07, 6.45) is -0.220. The van der Waals surface area contributed by atoms with Crippen molar-refractivity contribution in [2.24, 2.45) is 5.92 Å². The van der Waals surface area contributed by atoms with Crippen LogP contribution < -0.4 is 5.63 Å². The number of halogens is 1. The molecule has 0 radical (unpaired) electrons. The molecule has 1 saturated heterocycles. The number of hydrogen-bond donors (Lipinski definition) is 0. The molecule has 4 aromatic rings. The molecule has 0 N–H and O–H groups in total. The number of ether oxygens (including phenoxy) is 4. The lowest BCUT2D eigenvalue weighted by molar-refractivity contribution is -0.156. The minimum Gasteiger partial charge on any atom is -0.465 e. The summed E-state index contributed by atoms with van der Waals surface area (Å²) in [5.74, 6) is -3.10. The maximum Gasteiger partial charge on any atom is 0.350 e. The second-order valence-corrected chi connectivity index (χ2v) is 10.1. The van der Waals surface area contributed by atoms with E-state index in [2.05, 4.69) is 15.0 Å². The van der Waals surface area contributed by atoms with Crippen molar-refractivity contribution >= 4 is 51.8 Å². The highest BCUT2D eigenvalue weighted by molar-refractivity contribution is 7.99. The van der Waals surface area contributed by atoms with Crippen LogP contribution in [0.3, 0.4) is 0 Å². The second-order valence-electron chi connectivity index (χ2n) is 9.09. The minimum absolute atomic E-state index is 0.0927. The lowest BCUT2D eigenvalue weighted by Crippen LogP contribution is -2.37. The van der Waals surface area contributed by atoms with Gasteiger partial charge in [0.2, 0.25) is 0 Å². The van der Waals surface area contributed by atoms with E-state index in [-0.39, 0.29) is 28.8 Å². The van der Waals surface area contributed by atoms with Crippen LogP contribution in [-0.4, -0.2) is 62.8 Å². The summed E-state index contributed by atoms with van der Waals surface area (Å²) in [5.41, 5.74) is 0.158. The molecule has 0 spiro atoms. The summed E-state index contributed by atoms with van der Waals surface area (Å²) in [5, 5.41) is 0.562. The SMILES string of the molecule is CC(=O)OC[C@@H]1[C@H](OC(C)=O)[C@@H](COC(C)=O)O[C@H]1n1c(Sc2cc3cc(F)ccc3oc2=O)nc2cncnc21. The lowest BCUT2D eigenvalue weighted by atomic mass is 10.00. The van der Waals surface area contributed by atoms with E-state index in [9.17, 15) is 23.6 Å². The Kier molecular flexibility index (Phi) is 7.99. The lowest BCUT2D eigenvalue weighted by Gasteiger charge is -2.24. The summed E-state index contributed by atoms with van der Waals surface area (Å²) in [6, 6.07) is 5.25. The Morgan fingerprint density at radius 1 is 1.07 bits per heavy atom. The highest BCUT2D eigenvalue weighted by Gasteiger charge is 2.50. The van der Waals surface area contributed by atoms with E-state index in [0.717, 1.165) is 11.8 Å². The average molecular weight is 587 g/mol. The average Bonchev–Trinajstić information content (AvgIpc) is 3.43. The number of carbonyl (C=O) groups is 3. The molecule has 1 aliphatic rings. The van der Waals surface area contributed by atoms with Crippen molar-refractivity contribution in [2.45, 2.75) is 49.3 Å². The third-order valence-electron chi connectivity index (χ3n) is 6.14. The zero-order valence-electron chi connectivity index (χ0n) is 21.9. The molecule has 5 rings (SSSR count). The fraction of sp³-hybridized carbons (Fsp3) is 0.346. The molecule has 3 aromatic heterocycles. The van der Waals surface area contributed by atoms with Crippen LogP contribution >= 0.6 is 11.8 Å². The number of benzene rings is 1. The number of esters is 3. The number of fused-ring (bicyclic) bond motifs is 2. The van der Waals surface area contributed by atoms with E-state index in [4.69, 9.17) is 23.4 Å². The third kappa shape index (κ3) is 6.05. The van der Waals surface area contributed by atoms with Crippen molar-refractivity contribution in [1.82, 2.24) is 19.5 Å². The van der Waals surface area contributed by atoms with Gasteiger partial charge in [0.25, 0.3) is 0 Å². The molecule has 0 bridgehead atoms. The molecule has 1 aromatic carbocycles. The first-order chi connectivity index (χ1) is 19.6. The van der Waals surface area contributed by atoms with E-state index in [1.54, 1.807) is 4.57 Å². The fourth-order valence-corrected chi connectivity index (χ4v) is 5.44. The molecular weight excluding hydrogens is 563 g/mol. The second kappa shape index (κ2) is 11.6. The van der Waals surface area contributed by atoms with Gasteiger partial charge in [0.1, 0.15) is 59.8 Å². The van der Waals surface area contributed by atoms with Gasteiger partial charge in [0.15, 0.2) is 10.8 Å². The minimum atomic E-state index is -1.02. The van der Waals surface area contributed by atoms with Crippen molar-refractivity contribution in [3.05, 3.63) is 53.0 Å². The van der Waals surface area contributed by atoms with Crippen LogP contribution in [0.1, 0.15) is 27.0 Å². The smallest absolute Gasteiger partial charge is 0.350 e. The summed E-state index contributed by atoms with van der Waals surface area (Å²) >= 11 is 0.910. The maximum atomic E-state index is 13.9. The van der Waals surface area contributed by atoms with Crippen molar-refractivity contribution in [1.29, 1.82) is 0 Å². The monoisotopic (exact) mass is 586 g/mol. The molecule has 0 unspecified atom stereocenters. The van der Waals surface area contributed by atoms with Crippen LogP contribution in [0.15, 0.2) is 56.1 Å². The molecule has 0 saturated carbocycles. The zero-order chi connectivity index (χ0) is 29.3. The largest absolute Gasteiger partial charge is 0.465 e. The molecule has 1 fully saturated rings. The number of hydrogen-bond acceptors (Lipinski definition) is 13. The fourth-order valence-electron chi connectivity index (χ4n) is 4.50. The van der Waals surface area contributed by atoms with Crippen molar-refractivity contribution in [3.63, 3.8) is 0 Å². The summed E-state index contributed by atoms with van der Waals surface area (Å²) < 4.78 is 43.1. The summed E-state index contributed by atoms with van der Waals surface area (Å²) in [4.78, 5) is 61.2. The van der Waals surface area contributed by atoms with Gasteiger partial charge >= 0.3 is 23.5 Å². The Morgan fingerprint density at radius 3 is 2.56 bits per heavy atom. The Balaban J connectivity index is 1.62. The highest BCUT2D eigenvalue weighted by atomic mass is 32.2. The first-order valence-electron chi connectivity index (χ1n) is 12.3. The van der Waals surface area contributed by atoms with Crippen molar-refractivity contribution in [3.8, 4) is 0 Å². The quantitative estimate of drug-likeness (QED) is 0.168. The molecule has 13 nitrogen and oxygen atoms in total. The van der Waals surface area contributed by atoms with Crippen LogP contribution in [0.4, 0.5) is 4.39 Å².